The van der Waals surface area contributed by atoms with Crippen LogP contribution in [0.3, 0.4) is 0 Å². The van der Waals surface area contributed by atoms with Crippen LogP contribution >= 0.6 is 0 Å². The van der Waals surface area contributed by atoms with Crippen LogP contribution in [0.4, 0.5) is 0 Å². The topological polar surface area (TPSA) is 831 Å². The van der Waals surface area contributed by atoms with Crippen molar-refractivity contribution in [2.45, 2.75) is 54.4 Å². The van der Waals surface area contributed by atoms with Gasteiger partial charge in [0.1, 0.15) is 32.2 Å². The SMILES string of the molecule is CCO/N=C/c1cccc[n+]1COCOS(C)(=O)=O.CCO/N=C/c1cccc[n+]1COC[n+]1ccc(C(N)=O)cc1.CCO/N=C/c1ccccn1.CS(=O)(=O)OCOCOS(C)(=O)=O.CS(=O)(=O)OCOCOS(C)(=O)=O.CS(=O)(=O)[O-].CS(=O)(=O)[O-].CS(=O)(=O)[O-].CS(=O)(=O)[O-].CS(=O)(=O)[O-].NC(=O)c1cc[n+](COC[n+]2ccc(C(N)=O)cc2)cc1.NC(=O)c1ccncc1. The predicted octanol–water partition coefficient (Wildman–Crippen LogP) is -5.11. The highest BCUT2D eigenvalue weighted by molar-refractivity contribution is 7.87. The lowest BCUT2D eigenvalue weighted by Crippen LogP contribution is -2.42. The van der Waals surface area contributed by atoms with Gasteiger partial charge in [-0.1, -0.05) is 21.5 Å². The van der Waals surface area contributed by atoms with E-state index < -0.39 is 152 Å². The molecule has 7 heterocycles. The number of ether oxygens (including phenoxy) is 5. The van der Waals surface area contributed by atoms with Crippen LogP contribution in [-0.4, -0.2) is 276 Å². The van der Waals surface area contributed by atoms with E-state index in [0.717, 1.165) is 48.4 Å². The molecule has 7 aromatic heterocycles. The van der Waals surface area contributed by atoms with Gasteiger partial charge in [-0.25, -0.2) is 63.0 Å². The van der Waals surface area contributed by atoms with Crippen molar-refractivity contribution in [2.75, 3.05) is 116 Å². The molecule has 66 heteroatoms. The van der Waals surface area contributed by atoms with E-state index in [4.69, 9.17) is 117 Å². The number of primary amides is 4. The summed E-state index contributed by atoms with van der Waals surface area (Å²) in [5.74, 6) is -1.80. The Bertz CT molecular complexity index is 5470. The lowest BCUT2D eigenvalue weighted by molar-refractivity contribution is -0.789. The zero-order valence-electron chi connectivity index (χ0n) is 73.6. The average Bonchev–Trinajstić information content (AvgIpc) is 0.897. The first-order valence-corrected chi connectivity index (χ1v) is 53.7. The Labute approximate surface area is 776 Å². The van der Waals surface area contributed by atoms with Gasteiger partial charge in [0.2, 0.25) is 35.0 Å². The van der Waals surface area contributed by atoms with Crippen molar-refractivity contribution < 1.29 is 208 Å². The highest BCUT2D eigenvalue weighted by Crippen LogP contribution is 2.00. The van der Waals surface area contributed by atoms with Crippen molar-refractivity contribution >= 4 is 143 Å². The summed E-state index contributed by atoms with van der Waals surface area (Å²) in [7, 11) is -37.4. The molecule has 0 aliphatic heterocycles. The fourth-order valence-corrected chi connectivity index (χ4v) is 7.56. The third kappa shape index (κ3) is 107. The fourth-order valence-electron chi connectivity index (χ4n) is 6.34. The number of carbonyl (C=O) groups excluding carboxylic acids is 4. The highest BCUT2D eigenvalue weighted by atomic mass is 32.3. The minimum atomic E-state index is -3.92. The molecule has 7 rings (SSSR count). The Morgan fingerprint density at radius 3 is 0.791 bits per heavy atom. The normalized spacial score (nSPS) is 11.3. The number of hydrogen-bond donors (Lipinski definition) is 4. The standard InChI is InChI=1S/C16H19N4O3.C14H14N4O3.C11H17N2O5S.C8H10N2O.C6H6N2O.2C4H10O7S2.5CH4O3S/c1-2-23-18-11-15-5-3-4-8-20(15)13-22-12-19-9-6-14(7-10-19)16(17)21;15-13(19)11-1-5-17(6-2-11)9-21-10-18-7-3-12(4-8-18)14(16)20;1-3-17-12-8-11-6-4-5-7-13(11)9-16-10-18-19(2,14)15;1-2-11-10-7-8-5-3-4-6-9-8;7-6(9)5-1-3-8-4-2-5;2*1-12(5,6)10-3-9-4-11-13(2,7)8;5*1-5(2,3)4/h3-11H,2,12-13H2,1H3,(H-,17,21);1-8H,9-10H2,(H2-2,15,16,19,20);4-8H,3,9-10H2,1-2H3;3-7H,2H2,1H3;1-4H,(H2,7,9);2*3-4H2,1-2H3;5*1H3,(H,2,3,4)/q+1;;+1;;;;;;;;;/p-2/b18-11+;;12-8+;10-7+;;;;;;;;. The van der Waals surface area contributed by atoms with Crippen LogP contribution in [0.5, 0.6) is 0 Å². The Hall–Kier alpha value is -10.8. The number of pyridine rings is 7. The molecule has 0 saturated heterocycles. The summed E-state index contributed by atoms with van der Waals surface area (Å²) in [4.78, 5) is 65.6. The lowest BCUT2D eigenvalue weighted by atomic mass is 10.2. The maximum atomic E-state index is 11.0. The van der Waals surface area contributed by atoms with E-state index in [1.807, 2.05) is 90.7 Å². The van der Waals surface area contributed by atoms with E-state index in [0.29, 0.717) is 100 Å². The second kappa shape index (κ2) is 70.9. The Balaban J connectivity index is -0.000000469. The van der Waals surface area contributed by atoms with Crippen molar-refractivity contribution in [1.29, 1.82) is 0 Å². The van der Waals surface area contributed by atoms with Gasteiger partial charge in [0.25, 0.3) is 84.2 Å². The second-order valence-corrected chi connectivity index (χ2v) is 39.0. The van der Waals surface area contributed by atoms with Gasteiger partial charge in [-0.15, -0.1) is 0 Å². The second-order valence-electron chi connectivity index (χ2n) is 23.8. The smallest absolute Gasteiger partial charge is 0.266 e. The van der Waals surface area contributed by atoms with E-state index in [1.54, 1.807) is 130 Å². The molecule has 0 unspecified atom stereocenters. The van der Waals surface area contributed by atoms with Crippen molar-refractivity contribution in [3.8, 4) is 0 Å². The Kier molecular flexibility index (Phi) is 69.7. The third-order valence-electron chi connectivity index (χ3n) is 11.2. The lowest BCUT2D eigenvalue weighted by Gasteiger charge is -2.02. The number of nitrogens with two attached hydrogens (primary N) is 4. The van der Waals surface area contributed by atoms with E-state index >= 15 is 0 Å². The molecule has 0 bridgehead atoms. The van der Waals surface area contributed by atoms with Crippen molar-refractivity contribution in [1.82, 2.24) is 9.97 Å². The number of carbonyl (C=O) groups is 4. The van der Waals surface area contributed by atoms with Gasteiger partial charge in [0.05, 0.1) is 110 Å². The van der Waals surface area contributed by atoms with E-state index in [1.165, 1.54) is 12.4 Å². The van der Waals surface area contributed by atoms with Gasteiger partial charge in [-0.2, -0.15) is 64.9 Å². The first-order valence-electron chi connectivity index (χ1n) is 35.5. The number of hydrogen-bond acceptors (Lipinski definition) is 47. The summed E-state index contributed by atoms with van der Waals surface area (Å²) >= 11 is 0. The van der Waals surface area contributed by atoms with E-state index in [2.05, 4.69) is 55.8 Å². The molecule has 134 heavy (non-hydrogen) atoms. The van der Waals surface area contributed by atoms with Crippen LogP contribution in [0.15, 0.2) is 187 Å². The third-order valence-corrected chi connectivity index (χ3v) is 13.8. The maximum absolute atomic E-state index is 11.0. The summed E-state index contributed by atoms with van der Waals surface area (Å²) in [5, 5.41) is 11.3. The van der Waals surface area contributed by atoms with Crippen LogP contribution in [0, 0.1) is 0 Å². The molecule has 0 radical (unpaired) electrons. The molecule has 4 amide bonds. The summed E-state index contributed by atoms with van der Waals surface area (Å²) in [6.07, 6.45) is 30.9. The van der Waals surface area contributed by atoms with Crippen LogP contribution in [-0.2, 0) is 194 Å². The number of aromatic nitrogens is 7. The zero-order chi connectivity index (χ0) is 104. The molecule has 0 atom stereocenters. The minimum Gasteiger partial charge on any atom is -0.748 e. The molecule has 0 saturated carbocycles. The van der Waals surface area contributed by atoms with Gasteiger partial charge >= 0.3 is 0 Å². The predicted molar refractivity (Wildman–Crippen MR) is 461 cm³/mol. The molecule has 758 valence electrons. The molecule has 0 aromatic carbocycles. The Morgan fingerprint density at radius 2 is 0.552 bits per heavy atom. The minimum absolute atomic E-state index is 0.143. The first kappa shape index (κ1) is 132. The molecule has 8 N–H and O–H groups in total. The van der Waals surface area contributed by atoms with Crippen molar-refractivity contribution in [3.63, 3.8) is 0 Å². The largest absolute Gasteiger partial charge is 0.748 e. The van der Waals surface area contributed by atoms with Crippen molar-refractivity contribution in [2.24, 2.45) is 38.4 Å². The summed E-state index contributed by atoms with van der Waals surface area (Å²) in [5.41, 5.74) is 24.8. The number of oxime groups is 3. The van der Waals surface area contributed by atoms with Crippen LogP contribution in [0.2, 0.25) is 0 Å². The van der Waals surface area contributed by atoms with Crippen LogP contribution in [0.1, 0.15) is 79.3 Å². The number of amides is 4. The summed E-state index contributed by atoms with van der Waals surface area (Å²) in [6.45, 7) is 6.06. The van der Waals surface area contributed by atoms with E-state index in [9.17, 15) is 61.3 Å². The van der Waals surface area contributed by atoms with E-state index in [-0.39, 0.29) is 13.5 Å². The zero-order valence-corrected chi connectivity index (χ0v) is 81.8. The molecule has 56 nitrogen and oxygen atoms in total. The number of rotatable bonds is 38. The average molecular weight is 2110 g/mol. The molecular weight excluding hydrogens is 2010 g/mol. The fraction of sp³-hybridized carbons (Fsp3) is 0.382. The van der Waals surface area contributed by atoms with Gasteiger partial charge in [-0.05, 0) is 57.2 Å². The van der Waals surface area contributed by atoms with Gasteiger partial charge < -0.3 is 69.7 Å². The van der Waals surface area contributed by atoms with Gasteiger partial charge in [0.15, 0.2) is 83.5 Å². The maximum Gasteiger partial charge on any atom is 0.266 e. The summed E-state index contributed by atoms with van der Waals surface area (Å²) < 4.78 is 295. The quantitative estimate of drug-likeness (QED) is 0.00535. The Morgan fingerprint density at radius 1 is 0.313 bits per heavy atom. The van der Waals surface area contributed by atoms with Gasteiger partial charge in [0, 0.05) is 116 Å². The van der Waals surface area contributed by atoms with Gasteiger partial charge in [-0.3, -0.25) is 43.4 Å². The monoisotopic (exact) mass is 2110 g/mol. The first-order chi connectivity index (χ1) is 61.4. The molecular formula is C68H104N14O42S10. The molecule has 0 spiro atoms. The molecule has 0 fully saturated rings. The number of nitrogens with zero attached hydrogens (tertiary/aromatic N) is 10. The molecule has 0 aliphatic rings. The highest BCUT2D eigenvalue weighted by Gasteiger charge is 2.14. The van der Waals surface area contributed by atoms with Crippen molar-refractivity contribution in [3.05, 3.63) is 211 Å². The molecule has 0 aliphatic carbocycles. The molecule has 7 aromatic rings. The summed E-state index contributed by atoms with van der Waals surface area (Å²) in [6, 6.07) is 29.8. The van der Waals surface area contributed by atoms with Crippen LogP contribution < -0.4 is 45.8 Å². The van der Waals surface area contributed by atoms with Crippen LogP contribution in [0.25, 0.3) is 0 Å².